The van der Waals surface area contributed by atoms with Crippen LogP contribution in [0, 0.1) is 6.92 Å². The van der Waals surface area contributed by atoms with Crippen LogP contribution in [0.1, 0.15) is 36.6 Å². The lowest BCUT2D eigenvalue weighted by Gasteiger charge is -2.12. The first-order valence-corrected chi connectivity index (χ1v) is 7.08. The zero-order valence-electron chi connectivity index (χ0n) is 12.1. The van der Waals surface area contributed by atoms with Crippen LogP contribution in [-0.2, 0) is 13.0 Å². The van der Waals surface area contributed by atoms with Crippen LogP contribution in [0.15, 0.2) is 41.3 Å². The molecule has 2 rings (SSSR count). The lowest BCUT2D eigenvalue weighted by molar-refractivity contribution is 0.280. The van der Waals surface area contributed by atoms with Gasteiger partial charge in [0.2, 0.25) is 0 Å². The predicted molar refractivity (Wildman–Crippen MR) is 81.3 cm³/mol. The van der Waals surface area contributed by atoms with Crippen LogP contribution in [0.4, 0.5) is 0 Å². The molecule has 0 aliphatic rings. The fourth-order valence-electron chi connectivity index (χ4n) is 2.27. The summed E-state index contributed by atoms with van der Waals surface area (Å²) in [6, 6.07) is 9.94. The van der Waals surface area contributed by atoms with Crippen LogP contribution in [-0.4, -0.2) is 9.67 Å². The van der Waals surface area contributed by atoms with Crippen molar-refractivity contribution in [3.8, 4) is 5.69 Å². The fourth-order valence-corrected chi connectivity index (χ4v) is 2.27. The smallest absolute Gasteiger partial charge is 0.187 e. The van der Waals surface area contributed by atoms with Gasteiger partial charge in [-0.3, -0.25) is 4.79 Å². The number of aromatic nitrogens is 1. The van der Waals surface area contributed by atoms with Crippen molar-refractivity contribution in [1.29, 1.82) is 0 Å². The Kier molecular flexibility index (Phi) is 4.74. The lowest BCUT2D eigenvalue weighted by atomic mass is 10.1. The number of aryl methyl sites for hydroxylation is 2. The molecule has 0 fully saturated rings. The van der Waals surface area contributed by atoms with E-state index in [0.717, 1.165) is 17.8 Å². The molecule has 2 aromatic rings. The Balaban J connectivity index is 2.34. The second-order valence-corrected chi connectivity index (χ2v) is 5.10. The van der Waals surface area contributed by atoms with Crippen LogP contribution < -0.4 is 5.43 Å². The summed E-state index contributed by atoms with van der Waals surface area (Å²) in [7, 11) is 0. The Morgan fingerprint density at radius 1 is 1.20 bits per heavy atom. The molecule has 20 heavy (non-hydrogen) atoms. The maximum Gasteiger partial charge on any atom is 0.187 e. The Bertz CT molecular complexity index is 626. The van der Waals surface area contributed by atoms with Crippen molar-refractivity contribution in [2.75, 3.05) is 0 Å². The van der Waals surface area contributed by atoms with Gasteiger partial charge in [-0.1, -0.05) is 25.5 Å². The van der Waals surface area contributed by atoms with Gasteiger partial charge in [-0.2, -0.15) is 0 Å². The zero-order chi connectivity index (χ0) is 14.5. The number of benzene rings is 1. The molecule has 106 valence electrons. The molecule has 0 spiro atoms. The highest BCUT2D eigenvalue weighted by atomic mass is 16.3. The third-order valence-electron chi connectivity index (χ3n) is 3.53. The van der Waals surface area contributed by atoms with E-state index in [1.807, 2.05) is 11.5 Å². The van der Waals surface area contributed by atoms with Gasteiger partial charge in [0.05, 0.1) is 6.61 Å². The molecule has 0 aliphatic carbocycles. The minimum atomic E-state index is -0.228. The first-order valence-electron chi connectivity index (χ1n) is 7.08. The van der Waals surface area contributed by atoms with Crippen molar-refractivity contribution in [2.24, 2.45) is 0 Å². The summed E-state index contributed by atoms with van der Waals surface area (Å²) in [6.45, 7) is 3.86. The minimum absolute atomic E-state index is 0.110. The molecule has 0 radical (unpaired) electrons. The van der Waals surface area contributed by atoms with Crippen molar-refractivity contribution >= 4 is 0 Å². The van der Waals surface area contributed by atoms with Gasteiger partial charge >= 0.3 is 0 Å². The Labute approximate surface area is 119 Å². The van der Waals surface area contributed by atoms with E-state index in [4.69, 9.17) is 0 Å². The number of aliphatic hydroxyl groups is 1. The van der Waals surface area contributed by atoms with Gasteiger partial charge < -0.3 is 9.67 Å². The van der Waals surface area contributed by atoms with Crippen LogP contribution in [0.25, 0.3) is 5.69 Å². The second kappa shape index (κ2) is 6.53. The number of hydrogen-bond donors (Lipinski definition) is 1. The van der Waals surface area contributed by atoms with E-state index in [1.165, 1.54) is 18.4 Å². The molecule has 1 heterocycles. The molecular weight excluding hydrogens is 250 g/mol. The Hall–Kier alpha value is -1.87. The van der Waals surface area contributed by atoms with E-state index in [9.17, 15) is 9.90 Å². The normalized spacial score (nSPS) is 10.8. The van der Waals surface area contributed by atoms with Crippen molar-refractivity contribution in [3.05, 3.63) is 63.6 Å². The maximum atomic E-state index is 11.7. The lowest BCUT2D eigenvalue weighted by Crippen LogP contribution is -2.14. The average Bonchev–Trinajstić information content (AvgIpc) is 2.46. The summed E-state index contributed by atoms with van der Waals surface area (Å²) in [5, 5.41) is 9.21. The molecule has 3 heteroatoms. The number of hydrogen-bond acceptors (Lipinski definition) is 2. The van der Waals surface area contributed by atoms with Crippen molar-refractivity contribution in [3.63, 3.8) is 0 Å². The number of nitrogens with zero attached hydrogens (tertiary/aromatic N) is 1. The van der Waals surface area contributed by atoms with Crippen molar-refractivity contribution in [1.82, 2.24) is 4.57 Å². The number of rotatable bonds is 5. The minimum Gasteiger partial charge on any atom is -0.391 e. The summed E-state index contributed by atoms with van der Waals surface area (Å²) < 4.78 is 1.94. The first kappa shape index (κ1) is 14.5. The van der Waals surface area contributed by atoms with Crippen LogP contribution in [0.3, 0.4) is 0 Å². The van der Waals surface area contributed by atoms with Gasteiger partial charge in [0.15, 0.2) is 5.43 Å². The monoisotopic (exact) mass is 271 g/mol. The van der Waals surface area contributed by atoms with Crippen LogP contribution in [0.5, 0.6) is 0 Å². The topological polar surface area (TPSA) is 42.2 Å². The van der Waals surface area contributed by atoms with E-state index in [-0.39, 0.29) is 12.0 Å². The number of pyridine rings is 1. The van der Waals surface area contributed by atoms with E-state index in [1.54, 1.807) is 12.3 Å². The molecule has 1 aromatic heterocycles. The Morgan fingerprint density at radius 2 is 1.90 bits per heavy atom. The van der Waals surface area contributed by atoms with Gasteiger partial charge in [-0.25, -0.2) is 0 Å². The summed E-state index contributed by atoms with van der Waals surface area (Å²) in [4.78, 5) is 11.7. The zero-order valence-corrected chi connectivity index (χ0v) is 12.1. The van der Waals surface area contributed by atoms with Gasteiger partial charge in [-0.15, -0.1) is 0 Å². The average molecular weight is 271 g/mol. The highest BCUT2D eigenvalue weighted by molar-refractivity contribution is 5.37. The summed E-state index contributed by atoms with van der Waals surface area (Å²) in [6.07, 6.45) is 5.21. The standard InChI is InChI=1S/C17H21NO2/c1-3-4-5-14-6-8-16(9-7-14)18-11-15(12-19)17(20)10-13(18)2/h6-11,19H,3-5,12H2,1-2H3. The fraction of sp³-hybridized carbons (Fsp3) is 0.353. The molecule has 0 aliphatic heterocycles. The third-order valence-corrected chi connectivity index (χ3v) is 3.53. The molecule has 0 unspecified atom stereocenters. The van der Waals surface area contributed by atoms with Crippen molar-refractivity contribution in [2.45, 2.75) is 39.7 Å². The number of aliphatic hydroxyl groups excluding tert-OH is 1. The van der Waals surface area contributed by atoms with E-state index >= 15 is 0 Å². The SMILES string of the molecule is CCCCc1ccc(-n2cc(CO)c(=O)cc2C)cc1. The Morgan fingerprint density at radius 3 is 2.50 bits per heavy atom. The molecule has 1 aromatic carbocycles. The third kappa shape index (κ3) is 3.17. The van der Waals surface area contributed by atoms with Gasteiger partial charge in [-0.05, 0) is 37.5 Å². The highest BCUT2D eigenvalue weighted by Crippen LogP contribution is 2.14. The molecule has 1 N–H and O–H groups in total. The second-order valence-electron chi connectivity index (χ2n) is 5.10. The quantitative estimate of drug-likeness (QED) is 0.908. The van der Waals surface area contributed by atoms with Crippen molar-refractivity contribution < 1.29 is 5.11 Å². The van der Waals surface area contributed by atoms with E-state index in [2.05, 4.69) is 31.2 Å². The summed E-state index contributed by atoms with van der Waals surface area (Å²) in [5.41, 5.74) is 3.52. The molecule has 0 saturated heterocycles. The van der Waals surface area contributed by atoms with Gasteiger partial charge in [0.1, 0.15) is 0 Å². The molecule has 0 bridgehead atoms. The summed E-state index contributed by atoms with van der Waals surface area (Å²) >= 11 is 0. The van der Waals surface area contributed by atoms with Gasteiger partial charge in [0.25, 0.3) is 0 Å². The first-order chi connectivity index (χ1) is 9.65. The van der Waals surface area contributed by atoms with Crippen LogP contribution in [0.2, 0.25) is 0 Å². The molecule has 0 atom stereocenters. The molecule has 0 amide bonds. The molecule has 0 saturated carbocycles. The summed E-state index contributed by atoms with van der Waals surface area (Å²) in [5.74, 6) is 0. The van der Waals surface area contributed by atoms with E-state index < -0.39 is 0 Å². The predicted octanol–water partition coefficient (Wildman–Crippen LogP) is 2.98. The largest absolute Gasteiger partial charge is 0.391 e. The van der Waals surface area contributed by atoms with Gasteiger partial charge in [0, 0.05) is 29.2 Å². The van der Waals surface area contributed by atoms with Crippen LogP contribution >= 0.6 is 0 Å². The highest BCUT2D eigenvalue weighted by Gasteiger charge is 2.05. The van der Waals surface area contributed by atoms with E-state index in [0.29, 0.717) is 5.56 Å². The molecular formula is C17H21NO2. The number of unbranched alkanes of at least 4 members (excludes halogenated alkanes) is 1. The molecule has 3 nitrogen and oxygen atoms in total. The maximum absolute atomic E-state index is 11.7.